The normalized spacial score (nSPS) is 10.6. The number of thiazole rings is 1. The summed E-state index contributed by atoms with van der Waals surface area (Å²) in [5, 5.41) is 0.694. The Morgan fingerprint density at radius 1 is 1.38 bits per heavy atom. The van der Waals surface area contributed by atoms with Crippen molar-refractivity contribution in [1.29, 1.82) is 0 Å². The number of thioether (sulfide) groups is 1. The molecule has 1 aromatic carbocycles. The Morgan fingerprint density at radius 2 is 2.19 bits per heavy atom. The molecule has 0 fully saturated rings. The molecule has 1 aromatic heterocycles. The van der Waals surface area contributed by atoms with E-state index in [-0.39, 0.29) is 0 Å². The molecule has 84 valence electrons. The molecule has 0 aliphatic carbocycles. The zero-order valence-electron chi connectivity index (χ0n) is 8.11. The van der Waals surface area contributed by atoms with Gasteiger partial charge >= 0.3 is 0 Å². The van der Waals surface area contributed by atoms with Crippen molar-refractivity contribution in [2.75, 3.05) is 5.73 Å². The number of benzene rings is 1. The number of halogens is 2. The van der Waals surface area contributed by atoms with Crippen molar-refractivity contribution in [2.45, 2.75) is 10.6 Å². The van der Waals surface area contributed by atoms with Gasteiger partial charge in [0.15, 0.2) is 4.47 Å². The van der Waals surface area contributed by atoms with Gasteiger partial charge in [-0.2, -0.15) is 0 Å². The first-order valence-electron chi connectivity index (χ1n) is 4.43. The van der Waals surface area contributed by atoms with Crippen LogP contribution < -0.4 is 5.73 Å². The molecule has 0 spiro atoms. The Balaban J connectivity index is 2.07. The SMILES string of the molecule is Nc1ccc(Cl)cc1SCc1cnc(Cl)s1. The van der Waals surface area contributed by atoms with E-state index in [1.807, 2.05) is 12.1 Å². The second kappa shape index (κ2) is 5.27. The minimum Gasteiger partial charge on any atom is -0.398 e. The third-order valence-corrected chi connectivity index (χ3v) is 4.52. The van der Waals surface area contributed by atoms with Crippen molar-refractivity contribution < 1.29 is 0 Å². The van der Waals surface area contributed by atoms with Gasteiger partial charge in [0.05, 0.1) is 0 Å². The zero-order chi connectivity index (χ0) is 11.5. The van der Waals surface area contributed by atoms with E-state index in [9.17, 15) is 0 Å². The predicted molar refractivity (Wildman–Crippen MR) is 72.5 cm³/mol. The van der Waals surface area contributed by atoms with E-state index in [0.29, 0.717) is 9.49 Å². The molecular weight excluding hydrogens is 283 g/mol. The van der Waals surface area contributed by atoms with Crippen molar-refractivity contribution in [2.24, 2.45) is 0 Å². The molecular formula is C10H8Cl2N2S2. The molecule has 0 unspecified atom stereocenters. The fourth-order valence-corrected chi connectivity index (χ4v) is 3.37. The second-order valence-electron chi connectivity index (χ2n) is 3.05. The maximum atomic E-state index is 5.90. The quantitative estimate of drug-likeness (QED) is 0.676. The molecule has 1 heterocycles. The van der Waals surface area contributed by atoms with Crippen LogP contribution in [0.1, 0.15) is 4.88 Å². The van der Waals surface area contributed by atoms with Gasteiger partial charge in [0.1, 0.15) is 0 Å². The van der Waals surface area contributed by atoms with Gasteiger partial charge in [-0.25, -0.2) is 4.98 Å². The Kier molecular flexibility index (Phi) is 3.97. The number of hydrogen-bond donors (Lipinski definition) is 1. The first-order chi connectivity index (χ1) is 7.65. The Bertz CT molecular complexity index is 499. The van der Waals surface area contributed by atoms with Crippen LogP contribution >= 0.6 is 46.3 Å². The molecule has 0 amide bonds. The summed E-state index contributed by atoms with van der Waals surface area (Å²) in [7, 11) is 0. The number of anilines is 1. The smallest absolute Gasteiger partial charge is 0.183 e. The first-order valence-corrected chi connectivity index (χ1v) is 6.99. The number of hydrogen-bond acceptors (Lipinski definition) is 4. The monoisotopic (exact) mass is 290 g/mol. The van der Waals surface area contributed by atoms with E-state index in [2.05, 4.69) is 4.98 Å². The molecule has 2 nitrogen and oxygen atoms in total. The molecule has 2 aromatic rings. The van der Waals surface area contributed by atoms with E-state index in [4.69, 9.17) is 28.9 Å². The molecule has 0 saturated heterocycles. The number of nitrogens with zero attached hydrogens (tertiary/aromatic N) is 1. The largest absolute Gasteiger partial charge is 0.398 e. The highest BCUT2D eigenvalue weighted by Gasteiger charge is 2.04. The minimum absolute atomic E-state index is 0.565. The van der Waals surface area contributed by atoms with Crippen LogP contribution in [0.5, 0.6) is 0 Å². The Hall–Kier alpha value is -0.420. The van der Waals surface area contributed by atoms with Gasteiger partial charge in [-0.15, -0.1) is 23.1 Å². The lowest BCUT2D eigenvalue weighted by Crippen LogP contribution is -1.88. The summed E-state index contributed by atoms with van der Waals surface area (Å²) in [6.45, 7) is 0. The predicted octanol–water partition coefficient (Wildman–Crippen LogP) is 4.32. The zero-order valence-corrected chi connectivity index (χ0v) is 11.3. The van der Waals surface area contributed by atoms with Crippen molar-refractivity contribution in [3.8, 4) is 0 Å². The first kappa shape index (κ1) is 12.0. The van der Waals surface area contributed by atoms with Crippen LogP contribution in [0.3, 0.4) is 0 Å². The van der Waals surface area contributed by atoms with E-state index < -0.39 is 0 Å². The third kappa shape index (κ3) is 3.04. The molecule has 2 N–H and O–H groups in total. The van der Waals surface area contributed by atoms with Gasteiger partial charge in [-0.05, 0) is 18.2 Å². The average molecular weight is 291 g/mol. The molecule has 0 bridgehead atoms. The van der Waals surface area contributed by atoms with E-state index in [1.54, 1.807) is 24.0 Å². The third-order valence-electron chi connectivity index (χ3n) is 1.87. The van der Waals surface area contributed by atoms with Gasteiger partial charge in [0.25, 0.3) is 0 Å². The molecule has 0 radical (unpaired) electrons. The fourth-order valence-electron chi connectivity index (χ4n) is 1.13. The van der Waals surface area contributed by atoms with Crippen LogP contribution in [0.2, 0.25) is 9.49 Å². The van der Waals surface area contributed by atoms with Crippen LogP contribution in [-0.4, -0.2) is 4.98 Å². The van der Waals surface area contributed by atoms with Crippen molar-refractivity contribution in [3.63, 3.8) is 0 Å². The number of nitrogens with two attached hydrogens (primary N) is 1. The highest BCUT2D eigenvalue weighted by Crippen LogP contribution is 2.32. The van der Waals surface area contributed by atoms with Crippen LogP contribution in [0.25, 0.3) is 0 Å². The lowest BCUT2D eigenvalue weighted by atomic mass is 10.3. The molecule has 0 aliphatic rings. The summed E-state index contributed by atoms with van der Waals surface area (Å²) < 4.78 is 0.565. The van der Waals surface area contributed by atoms with Crippen LogP contribution in [0, 0.1) is 0 Å². The fraction of sp³-hybridized carbons (Fsp3) is 0.100. The van der Waals surface area contributed by atoms with Gasteiger partial charge in [-0.3, -0.25) is 0 Å². The summed E-state index contributed by atoms with van der Waals surface area (Å²) in [4.78, 5) is 6.09. The van der Waals surface area contributed by atoms with Crippen LogP contribution in [0.4, 0.5) is 5.69 Å². The Labute approximate surface area is 112 Å². The maximum absolute atomic E-state index is 5.90. The van der Waals surface area contributed by atoms with Gasteiger partial charge in [0.2, 0.25) is 0 Å². The molecule has 6 heteroatoms. The van der Waals surface area contributed by atoms with Crippen LogP contribution in [0.15, 0.2) is 29.3 Å². The van der Waals surface area contributed by atoms with Crippen molar-refractivity contribution in [1.82, 2.24) is 4.98 Å². The molecule has 2 rings (SSSR count). The summed E-state index contributed by atoms with van der Waals surface area (Å²) in [5.74, 6) is 0.801. The number of nitrogen functional groups attached to an aromatic ring is 1. The summed E-state index contributed by atoms with van der Waals surface area (Å²) in [6, 6.07) is 5.46. The summed E-state index contributed by atoms with van der Waals surface area (Å²) >= 11 is 14.8. The van der Waals surface area contributed by atoms with Gasteiger partial charge in [0, 0.05) is 32.4 Å². The molecule has 0 atom stereocenters. The molecule has 0 saturated carbocycles. The highest BCUT2D eigenvalue weighted by atomic mass is 35.5. The van der Waals surface area contributed by atoms with Crippen molar-refractivity contribution in [3.05, 3.63) is 38.8 Å². The summed E-state index contributed by atoms with van der Waals surface area (Å²) in [6.07, 6.45) is 1.78. The van der Waals surface area contributed by atoms with E-state index in [1.165, 1.54) is 11.3 Å². The standard InChI is InChI=1S/C10H8Cl2N2S2/c11-6-1-2-8(13)9(3-6)15-5-7-4-14-10(12)16-7/h1-4H,5,13H2. The number of rotatable bonds is 3. The second-order valence-corrected chi connectivity index (χ2v) is 6.20. The maximum Gasteiger partial charge on any atom is 0.183 e. The van der Waals surface area contributed by atoms with Crippen LogP contribution in [-0.2, 0) is 5.75 Å². The topological polar surface area (TPSA) is 38.9 Å². The number of aromatic nitrogens is 1. The summed E-state index contributed by atoms with van der Waals surface area (Å²) in [5.41, 5.74) is 6.58. The highest BCUT2D eigenvalue weighted by molar-refractivity contribution is 7.98. The van der Waals surface area contributed by atoms with E-state index in [0.717, 1.165) is 21.2 Å². The Morgan fingerprint density at radius 3 is 2.88 bits per heavy atom. The molecule has 16 heavy (non-hydrogen) atoms. The van der Waals surface area contributed by atoms with Gasteiger partial charge < -0.3 is 5.73 Å². The lowest BCUT2D eigenvalue weighted by molar-refractivity contribution is 1.36. The van der Waals surface area contributed by atoms with E-state index >= 15 is 0 Å². The lowest BCUT2D eigenvalue weighted by Gasteiger charge is -2.04. The minimum atomic E-state index is 0.565. The van der Waals surface area contributed by atoms with Gasteiger partial charge in [-0.1, -0.05) is 23.2 Å². The molecule has 0 aliphatic heterocycles. The average Bonchev–Trinajstić information content (AvgIpc) is 2.66. The van der Waals surface area contributed by atoms with Crippen molar-refractivity contribution >= 4 is 52.0 Å².